The van der Waals surface area contributed by atoms with Crippen molar-refractivity contribution in [1.29, 1.82) is 0 Å². The molecule has 6 aromatic carbocycles. The van der Waals surface area contributed by atoms with Gasteiger partial charge in [-0.25, -0.2) is 9.97 Å². The molecule has 0 fully saturated rings. The monoisotopic (exact) mass is 693 g/mol. The van der Waals surface area contributed by atoms with Crippen LogP contribution in [-0.2, 0) is 5.41 Å². The summed E-state index contributed by atoms with van der Waals surface area (Å²) in [7, 11) is 0. The number of benzene rings is 6. The van der Waals surface area contributed by atoms with E-state index >= 15 is 0 Å². The molecule has 1 spiro atoms. The lowest BCUT2D eigenvalue weighted by molar-refractivity contribution is 0.701. The van der Waals surface area contributed by atoms with Crippen LogP contribution < -0.4 is 0 Å². The molecule has 0 bridgehead atoms. The predicted octanol–water partition coefficient (Wildman–Crippen LogP) is 12.2. The summed E-state index contributed by atoms with van der Waals surface area (Å²) in [6.45, 7) is 0. The van der Waals surface area contributed by atoms with Crippen molar-refractivity contribution >= 4 is 45.9 Å². The largest absolute Gasteiger partial charge is 0.292 e. The van der Waals surface area contributed by atoms with Crippen molar-refractivity contribution in [2.45, 2.75) is 15.2 Å². The van der Waals surface area contributed by atoms with Gasteiger partial charge in [-0.3, -0.25) is 4.57 Å². The van der Waals surface area contributed by atoms with Gasteiger partial charge in [-0.15, -0.1) is 0 Å². The summed E-state index contributed by atoms with van der Waals surface area (Å²) in [5.41, 5.74) is 14.6. The van der Waals surface area contributed by atoms with Gasteiger partial charge < -0.3 is 0 Å². The van der Waals surface area contributed by atoms with E-state index in [4.69, 9.17) is 9.97 Å². The summed E-state index contributed by atoms with van der Waals surface area (Å²) in [4.78, 5) is 12.7. The number of fused-ring (bicyclic) bond motifs is 11. The molecule has 0 saturated heterocycles. The topological polar surface area (TPSA) is 30.7 Å². The van der Waals surface area contributed by atoms with Crippen molar-refractivity contribution in [1.82, 2.24) is 14.5 Å². The van der Waals surface area contributed by atoms with Crippen LogP contribution in [0.2, 0.25) is 0 Å². The van der Waals surface area contributed by atoms with Gasteiger partial charge in [-0.05, 0) is 99.1 Å². The number of aromatic nitrogens is 3. The Labute approximate surface area is 312 Å². The Morgan fingerprint density at radius 1 is 0.472 bits per heavy atom. The first-order valence-corrected chi connectivity index (χ1v) is 18.8. The van der Waals surface area contributed by atoms with E-state index in [-0.39, 0.29) is 0 Å². The lowest BCUT2D eigenvalue weighted by Crippen LogP contribution is -2.35. The maximum absolute atomic E-state index is 5.32. The molecule has 3 aromatic heterocycles. The van der Waals surface area contributed by atoms with Gasteiger partial charge in [-0.2, -0.15) is 0 Å². The summed E-state index contributed by atoms with van der Waals surface area (Å²) in [6.07, 6.45) is 6.45. The quantitative estimate of drug-likeness (QED) is 0.185. The molecule has 9 aromatic rings. The second-order valence-electron chi connectivity index (χ2n) is 13.8. The average molecular weight is 694 g/mol. The summed E-state index contributed by atoms with van der Waals surface area (Å²) in [6, 6.07) is 61.6. The smallest absolute Gasteiger partial charge is 0.137 e. The molecule has 4 heterocycles. The Hall–Kier alpha value is -6.49. The number of rotatable bonds is 3. The third-order valence-corrected chi connectivity index (χ3v) is 12.1. The van der Waals surface area contributed by atoms with Crippen LogP contribution in [0.4, 0.5) is 0 Å². The van der Waals surface area contributed by atoms with Crippen LogP contribution in [0.15, 0.2) is 186 Å². The molecule has 1 aliphatic heterocycles. The molecule has 0 saturated carbocycles. The fraction of sp³-hybridized carbons (Fsp3) is 0.0204. The van der Waals surface area contributed by atoms with E-state index in [1.807, 2.05) is 36.2 Å². The summed E-state index contributed by atoms with van der Waals surface area (Å²) < 4.78 is 2.23. The molecule has 0 atom stereocenters. The highest BCUT2D eigenvalue weighted by Crippen LogP contribution is 2.58. The minimum absolute atomic E-state index is 0.505. The van der Waals surface area contributed by atoms with Crippen LogP contribution in [0, 0.1) is 0 Å². The van der Waals surface area contributed by atoms with Crippen molar-refractivity contribution in [2.24, 2.45) is 0 Å². The summed E-state index contributed by atoms with van der Waals surface area (Å²) in [5, 5.41) is 1.10. The van der Waals surface area contributed by atoms with Gasteiger partial charge in [0.1, 0.15) is 5.82 Å². The Morgan fingerprint density at radius 2 is 1.11 bits per heavy atom. The van der Waals surface area contributed by atoms with E-state index in [0.29, 0.717) is 0 Å². The molecular formula is C49H31N3S. The van der Waals surface area contributed by atoms with Gasteiger partial charge >= 0.3 is 0 Å². The maximum atomic E-state index is 5.32. The molecule has 11 rings (SSSR count). The van der Waals surface area contributed by atoms with Gasteiger partial charge in [-0.1, -0.05) is 139 Å². The van der Waals surface area contributed by atoms with Gasteiger partial charge in [0.2, 0.25) is 0 Å². The van der Waals surface area contributed by atoms with Gasteiger partial charge in [0, 0.05) is 26.9 Å². The molecule has 3 nitrogen and oxygen atoms in total. The molecule has 4 heteroatoms. The second-order valence-corrected chi connectivity index (χ2v) is 14.8. The number of nitrogens with zero attached hydrogens (tertiary/aromatic N) is 3. The minimum Gasteiger partial charge on any atom is -0.292 e. The second kappa shape index (κ2) is 11.8. The highest BCUT2D eigenvalue weighted by Gasteiger charge is 2.46. The fourth-order valence-corrected chi connectivity index (χ4v) is 9.84. The molecule has 248 valence electrons. The Morgan fingerprint density at radius 3 is 1.89 bits per heavy atom. The van der Waals surface area contributed by atoms with Crippen LogP contribution in [0.25, 0.3) is 62.3 Å². The van der Waals surface area contributed by atoms with Gasteiger partial charge in [0.15, 0.2) is 0 Å². The van der Waals surface area contributed by atoms with E-state index in [2.05, 4.69) is 168 Å². The molecule has 53 heavy (non-hydrogen) atoms. The Bertz CT molecular complexity index is 2880. The zero-order valence-corrected chi connectivity index (χ0v) is 29.5. The molecule has 0 amide bonds. The van der Waals surface area contributed by atoms with Crippen molar-refractivity contribution < 1.29 is 0 Å². The van der Waals surface area contributed by atoms with Crippen LogP contribution in [-0.4, -0.2) is 14.5 Å². The third-order valence-electron chi connectivity index (χ3n) is 11.0. The minimum atomic E-state index is -0.505. The first-order chi connectivity index (χ1) is 26.3. The standard InChI is InChI=1S/C49H31N3S/c1-2-13-34(14-3-1)42-26-28-44-48(51-42)37-30-35(25-27-43(37)52(44)47-20-10-11-29-50-47)36-24-23-33-22-21-32-12-4-5-15-38(32)49(41(33)31-36)39-16-6-8-18-45(39)53-46-19-9-7-17-40(46)49/h1-31H. The van der Waals surface area contributed by atoms with Gasteiger partial charge in [0.05, 0.1) is 27.7 Å². The number of hydrogen-bond acceptors (Lipinski definition) is 3. The van der Waals surface area contributed by atoms with E-state index in [9.17, 15) is 0 Å². The van der Waals surface area contributed by atoms with Crippen LogP contribution in [0.5, 0.6) is 0 Å². The Balaban J connectivity index is 1.18. The van der Waals surface area contributed by atoms with Crippen LogP contribution in [0.3, 0.4) is 0 Å². The fourth-order valence-electron chi connectivity index (χ4n) is 8.65. The molecule has 0 radical (unpaired) electrons. The van der Waals surface area contributed by atoms with Crippen molar-refractivity contribution in [3.63, 3.8) is 0 Å². The average Bonchev–Trinajstić information content (AvgIpc) is 3.48. The van der Waals surface area contributed by atoms with Crippen LogP contribution >= 0.6 is 11.8 Å². The zero-order chi connectivity index (χ0) is 34.9. The van der Waals surface area contributed by atoms with Gasteiger partial charge in [0.25, 0.3) is 0 Å². The highest BCUT2D eigenvalue weighted by atomic mass is 32.2. The zero-order valence-electron chi connectivity index (χ0n) is 28.6. The lowest BCUT2D eigenvalue weighted by Gasteiger charge is -2.42. The number of pyridine rings is 2. The van der Waals surface area contributed by atoms with Crippen molar-refractivity contribution in [3.8, 4) is 28.2 Å². The summed E-state index contributed by atoms with van der Waals surface area (Å²) in [5.74, 6) is 0.874. The SMILES string of the molecule is C1=Cc2ccc(-c3ccc4c(c3)c3nc(-c5ccccc5)ccc3n4-c3ccccn3)cc2C2(c3ccccc31)c1ccccc1Sc1ccccc12. The third kappa shape index (κ3) is 4.49. The first kappa shape index (κ1) is 30.2. The first-order valence-electron chi connectivity index (χ1n) is 18.0. The Kier molecular flexibility index (Phi) is 6.70. The molecule has 2 aliphatic rings. The molecule has 0 unspecified atom stereocenters. The van der Waals surface area contributed by atoms with E-state index in [1.165, 1.54) is 48.7 Å². The van der Waals surface area contributed by atoms with E-state index < -0.39 is 5.41 Å². The highest BCUT2D eigenvalue weighted by molar-refractivity contribution is 7.99. The maximum Gasteiger partial charge on any atom is 0.137 e. The summed E-state index contributed by atoms with van der Waals surface area (Å²) >= 11 is 1.87. The number of hydrogen-bond donors (Lipinski definition) is 0. The predicted molar refractivity (Wildman–Crippen MR) is 219 cm³/mol. The molecule has 1 aliphatic carbocycles. The van der Waals surface area contributed by atoms with Crippen LogP contribution in [0.1, 0.15) is 33.4 Å². The van der Waals surface area contributed by atoms with Crippen molar-refractivity contribution in [2.75, 3.05) is 0 Å². The molecular weight excluding hydrogens is 663 g/mol. The lowest BCUT2D eigenvalue weighted by atomic mass is 9.63. The van der Waals surface area contributed by atoms with Crippen molar-refractivity contribution in [3.05, 3.63) is 209 Å². The van der Waals surface area contributed by atoms with E-state index in [0.717, 1.165) is 44.6 Å². The normalized spacial score (nSPS) is 13.7. The molecule has 0 N–H and O–H groups in total. The van der Waals surface area contributed by atoms with E-state index in [1.54, 1.807) is 0 Å².